The summed E-state index contributed by atoms with van der Waals surface area (Å²) in [4.78, 5) is 4.50. The number of hydrogen-bond acceptors (Lipinski definition) is 2. The minimum atomic E-state index is -1.24. The van der Waals surface area contributed by atoms with Gasteiger partial charge in [-0.05, 0) is 56.2 Å². The van der Waals surface area contributed by atoms with Crippen LogP contribution in [0.25, 0.3) is 0 Å². The van der Waals surface area contributed by atoms with Gasteiger partial charge in [-0.25, -0.2) is 0 Å². The summed E-state index contributed by atoms with van der Waals surface area (Å²) in [5.74, 6) is 1.07. The molecule has 1 heterocycles. The highest BCUT2D eigenvalue weighted by molar-refractivity contribution is 8.46. The Morgan fingerprint density at radius 2 is 2.37 bits per heavy atom. The van der Waals surface area contributed by atoms with Gasteiger partial charge in [0.1, 0.15) is 0 Å². The predicted molar refractivity (Wildman–Crippen MR) is 90.4 cm³/mol. The first-order valence-corrected chi connectivity index (χ1v) is 9.23. The summed E-state index contributed by atoms with van der Waals surface area (Å²) in [5, 5.41) is 3.80. The van der Waals surface area contributed by atoms with E-state index in [0.29, 0.717) is 5.11 Å². The van der Waals surface area contributed by atoms with Crippen LogP contribution in [0.5, 0.6) is 0 Å². The number of rotatable bonds is 5. The van der Waals surface area contributed by atoms with Gasteiger partial charge in [0.2, 0.25) is 0 Å². The average Bonchev–Trinajstić information content (AvgIpc) is 2.80. The molecule has 1 aliphatic carbocycles. The minimum Gasteiger partial charge on any atom is -0.376 e. The fourth-order valence-electron chi connectivity index (χ4n) is 2.67. The Hall–Kier alpha value is -0.810. The number of hydrogen-bond donors (Lipinski definition) is 2. The zero-order valence-corrected chi connectivity index (χ0v) is 13.2. The van der Waals surface area contributed by atoms with Crippen LogP contribution < -0.4 is 10.5 Å². The highest BCUT2D eigenvalue weighted by Crippen LogP contribution is 2.52. The van der Waals surface area contributed by atoms with Gasteiger partial charge in [-0.2, -0.15) is 0 Å². The second kappa shape index (κ2) is 6.57. The quantitative estimate of drug-likeness (QED) is 0.600. The van der Waals surface area contributed by atoms with E-state index in [1.165, 1.54) is 30.7 Å². The van der Waals surface area contributed by atoms with Crippen molar-refractivity contribution < 1.29 is 0 Å². The number of nitrogens with zero attached hydrogens (tertiary/aromatic N) is 1. The number of nitrogens with one attached hydrogen (secondary N) is 1. The molecule has 0 aromatic carbocycles. The van der Waals surface area contributed by atoms with Crippen LogP contribution in [-0.2, 0) is 0 Å². The van der Waals surface area contributed by atoms with Crippen LogP contribution in [0.4, 0.5) is 0 Å². The van der Waals surface area contributed by atoms with Gasteiger partial charge in [-0.1, -0.05) is 18.6 Å². The van der Waals surface area contributed by atoms with Crippen molar-refractivity contribution in [1.29, 1.82) is 0 Å². The second-order valence-corrected chi connectivity index (χ2v) is 8.37. The van der Waals surface area contributed by atoms with E-state index in [2.05, 4.69) is 28.1 Å². The third-order valence-corrected chi connectivity index (χ3v) is 7.13. The van der Waals surface area contributed by atoms with Gasteiger partial charge in [0, 0.05) is 12.0 Å². The van der Waals surface area contributed by atoms with Crippen LogP contribution in [0.1, 0.15) is 45.4 Å². The molecule has 2 aliphatic rings. The number of allylic oxidation sites excluding steroid dienone is 2. The Morgan fingerprint density at radius 3 is 3.00 bits per heavy atom. The summed E-state index contributed by atoms with van der Waals surface area (Å²) in [6.07, 6.45) is 11.6. The molecule has 0 amide bonds. The van der Waals surface area contributed by atoms with Crippen molar-refractivity contribution in [3.8, 4) is 0 Å². The van der Waals surface area contributed by atoms with Crippen LogP contribution >= 0.6 is 22.4 Å². The monoisotopic (exact) mass is 297 g/mol. The van der Waals surface area contributed by atoms with Crippen LogP contribution in [0.15, 0.2) is 28.2 Å². The van der Waals surface area contributed by atoms with Crippen molar-refractivity contribution in [2.45, 2.75) is 45.4 Å². The molecule has 0 fully saturated rings. The van der Waals surface area contributed by atoms with E-state index >= 15 is 0 Å². The van der Waals surface area contributed by atoms with E-state index in [-0.39, 0.29) is 0 Å². The summed E-state index contributed by atoms with van der Waals surface area (Å²) < 4.78 is 3.34. The van der Waals surface area contributed by atoms with Crippen LogP contribution in [0.3, 0.4) is 0 Å². The smallest absolute Gasteiger partial charge is 0.173 e. The van der Waals surface area contributed by atoms with E-state index in [9.17, 15) is 0 Å². The molecule has 1 atom stereocenters. The Kier molecular flexibility index (Phi) is 5.05. The Bertz CT molecular complexity index is 440. The van der Waals surface area contributed by atoms with Crippen molar-refractivity contribution in [3.05, 3.63) is 23.3 Å². The Labute approximate surface area is 122 Å². The molecule has 3 N–H and O–H groups in total. The summed E-state index contributed by atoms with van der Waals surface area (Å²) in [6, 6.07) is 0. The molecule has 0 saturated carbocycles. The lowest BCUT2D eigenvalue weighted by Crippen LogP contribution is -2.35. The molecule has 0 bridgehead atoms. The first-order valence-electron chi connectivity index (χ1n) is 6.96. The zero-order chi connectivity index (χ0) is 13.7. The third kappa shape index (κ3) is 3.60. The lowest BCUT2D eigenvalue weighted by molar-refractivity contribution is 0.685. The summed E-state index contributed by atoms with van der Waals surface area (Å²) in [6.45, 7) is 2.15. The van der Waals surface area contributed by atoms with Crippen molar-refractivity contribution in [2.75, 3.05) is 5.75 Å². The van der Waals surface area contributed by atoms with Crippen LogP contribution in [-0.4, -0.2) is 15.9 Å². The van der Waals surface area contributed by atoms with E-state index in [0.717, 1.165) is 18.6 Å². The molecule has 1 unspecified atom stereocenters. The van der Waals surface area contributed by atoms with E-state index in [4.69, 9.17) is 18.0 Å². The SMILES string of the molecule is CCC1=NC=CS1(CCC1=CCCCC1)NC(N)=S. The molecular formula is C14H23N3S2. The number of thiocarbonyl (C=S) groups is 1. The molecule has 2 rings (SSSR count). The maximum absolute atomic E-state index is 5.72. The first-order chi connectivity index (χ1) is 9.16. The van der Waals surface area contributed by atoms with Crippen LogP contribution in [0, 0.1) is 0 Å². The summed E-state index contributed by atoms with van der Waals surface area (Å²) in [7, 11) is -1.24. The molecule has 0 saturated heterocycles. The van der Waals surface area contributed by atoms with Gasteiger partial charge in [0.05, 0.1) is 5.04 Å². The molecule has 0 aromatic heterocycles. The molecule has 5 heteroatoms. The maximum Gasteiger partial charge on any atom is 0.173 e. The highest BCUT2D eigenvalue weighted by atomic mass is 32.3. The van der Waals surface area contributed by atoms with Gasteiger partial charge < -0.3 is 10.5 Å². The van der Waals surface area contributed by atoms with E-state index < -0.39 is 10.2 Å². The largest absolute Gasteiger partial charge is 0.376 e. The van der Waals surface area contributed by atoms with E-state index in [1.807, 2.05) is 6.20 Å². The van der Waals surface area contributed by atoms with Crippen molar-refractivity contribution >= 4 is 32.6 Å². The fraction of sp³-hybridized carbons (Fsp3) is 0.571. The maximum atomic E-state index is 5.72. The van der Waals surface area contributed by atoms with Gasteiger partial charge in [-0.3, -0.25) is 4.99 Å². The molecular weight excluding hydrogens is 274 g/mol. The molecule has 106 valence electrons. The topological polar surface area (TPSA) is 50.4 Å². The zero-order valence-electron chi connectivity index (χ0n) is 11.5. The minimum absolute atomic E-state index is 0.389. The van der Waals surface area contributed by atoms with E-state index in [1.54, 1.807) is 5.57 Å². The molecule has 3 nitrogen and oxygen atoms in total. The normalized spacial score (nSPS) is 29.3. The van der Waals surface area contributed by atoms with Crippen molar-refractivity contribution in [2.24, 2.45) is 10.7 Å². The molecule has 1 aliphatic heterocycles. The Balaban J connectivity index is 2.06. The lowest BCUT2D eigenvalue weighted by Gasteiger charge is -2.36. The Morgan fingerprint density at radius 1 is 1.53 bits per heavy atom. The van der Waals surface area contributed by atoms with Crippen molar-refractivity contribution in [3.63, 3.8) is 0 Å². The second-order valence-electron chi connectivity index (χ2n) is 4.98. The van der Waals surface area contributed by atoms with Gasteiger partial charge in [-0.15, -0.1) is 10.2 Å². The molecule has 0 spiro atoms. The van der Waals surface area contributed by atoms with Gasteiger partial charge >= 0.3 is 0 Å². The third-order valence-electron chi connectivity index (χ3n) is 3.65. The van der Waals surface area contributed by atoms with Crippen molar-refractivity contribution in [1.82, 2.24) is 4.72 Å². The molecule has 0 radical (unpaired) electrons. The average molecular weight is 297 g/mol. The molecule has 0 aromatic rings. The number of nitrogens with two attached hydrogens (primary N) is 1. The summed E-state index contributed by atoms with van der Waals surface area (Å²) >= 11 is 5.06. The number of aliphatic imine (C=N–C) groups is 1. The predicted octanol–water partition coefficient (Wildman–Crippen LogP) is 3.72. The highest BCUT2D eigenvalue weighted by Gasteiger charge is 2.29. The molecule has 19 heavy (non-hydrogen) atoms. The standard InChI is InChI=1S/C14H23N3S2/c1-2-13-16-9-11-19(13,17-14(15)18)10-8-12-6-4-3-5-7-12/h6,9,11H,2-5,7-8,10H2,1H3,(H3,15,17,18). The van der Waals surface area contributed by atoms with Gasteiger partial charge in [0.15, 0.2) is 5.11 Å². The van der Waals surface area contributed by atoms with Gasteiger partial charge in [0.25, 0.3) is 0 Å². The van der Waals surface area contributed by atoms with Crippen LogP contribution in [0.2, 0.25) is 0 Å². The fourth-order valence-corrected chi connectivity index (χ4v) is 5.91. The summed E-state index contributed by atoms with van der Waals surface area (Å²) in [5.41, 5.74) is 7.32. The lowest BCUT2D eigenvalue weighted by atomic mass is 9.98. The first kappa shape index (κ1) is 14.6.